The molecule has 0 spiro atoms. The fourth-order valence-corrected chi connectivity index (χ4v) is 3.35. The van der Waals surface area contributed by atoms with Gasteiger partial charge in [0.2, 0.25) is 11.9 Å². The molecule has 0 saturated carbocycles. The SMILES string of the molecule is CCCn1c(NC(=O)CN2CCSC2=O)nc2ccccc21. The van der Waals surface area contributed by atoms with Crippen LogP contribution in [0.15, 0.2) is 24.3 Å². The number of nitrogens with zero attached hydrogens (tertiary/aromatic N) is 3. The van der Waals surface area contributed by atoms with E-state index in [1.165, 1.54) is 11.8 Å². The minimum Gasteiger partial charge on any atom is -0.323 e. The van der Waals surface area contributed by atoms with Gasteiger partial charge >= 0.3 is 0 Å². The van der Waals surface area contributed by atoms with Crippen molar-refractivity contribution in [3.05, 3.63) is 24.3 Å². The number of aryl methyl sites for hydroxylation is 1. The van der Waals surface area contributed by atoms with E-state index in [0.29, 0.717) is 12.5 Å². The highest BCUT2D eigenvalue weighted by molar-refractivity contribution is 8.13. The lowest BCUT2D eigenvalue weighted by atomic mass is 10.3. The zero-order valence-electron chi connectivity index (χ0n) is 12.4. The molecule has 1 N–H and O–H groups in total. The fourth-order valence-electron chi connectivity index (χ4n) is 2.53. The summed E-state index contributed by atoms with van der Waals surface area (Å²) in [4.78, 5) is 29.8. The fraction of sp³-hybridized carbons (Fsp3) is 0.400. The van der Waals surface area contributed by atoms with Gasteiger partial charge in [-0.05, 0) is 18.6 Å². The number of nitrogens with one attached hydrogen (secondary N) is 1. The number of carbonyl (C=O) groups excluding carboxylic acids is 2. The molecule has 0 bridgehead atoms. The molecule has 2 aromatic rings. The highest BCUT2D eigenvalue weighted by atomic mass is 32.2. The summed E-state index contributed by atoms with van der Waals surface area (Å²) in [5.41, 5.74) is 1.87. The molecule has 0 atom stereocenters. The number of hydrogen-bond acceptors (Lipinski definition) is 4. The molecule has 116 valence electrons. The molecule has 0 radical (unpaired) electrons. The van der Waals surface area contributed by atoms with Crippen molar-refractivity contribution >= 4 is 39.9 Å². The monoisotopic (exact) mass is 318 g/mol. The highest BCUT2D eigenvalue weighted by Crippen LogP contribution is 2.21. The Morgan fingerprint density at radius 1 is 1.41 bits per heavy atom. The van der Waals surface area contributed by atoms with Crippen LogP contribution in [0.3, 0.4) is 0 Å². The average Bonchev–Trinajstić information content (AvgIpc) is 3.05. The summed E-state index contributed by atoms with van der Waals surface area (Å²) in [6.07, 6.45) is 0.949. The second kappa shape index (κ2) is 6.39. The van der Waals surface area contributed by atoms with Crippen molar-refractivity contribution in [1.82, 2.24) is 14.5 Å². The number of thioether (sulfide) groups is 1. The van der Waals surface area contributed by atoms with Crippen molar-refractivity contribution in [3.8, 4) is 0 Å². The van der Waals surface area contributed by atoms with Gasteiger partial charge in [0.1, 0.15) is 6.54 Å². The van der Waals surface area contributed by atoms with Crippen LogP contribution in [0.1, 0.15) is 13.3 Å². The van der Waals surface area contributed by atoms with Crippen LogP contribution in [0.4, 0.5) is 10.7 Å². The third-order valence-electron chi connectivity index (χ3n) is 3.53. The Morgan fingerprint density at radius 3 is 2.95 bits per heavy atom. The minimum absolute atomic E-state index is 0.0304. The Bertz CT molecular complexity index is 713. The lowest BCUT2D eigenvalue weighted by molar-refractivity contribution is -0.116. The number of fused-ring (bicyclic) bond motifs is 1. The van der Waals surface area contributed by atoms with Gasteiger partial charge in [-0.3, -0.25) is 14.9 Å². The Hall–Kier alpha value is -2.02. The number of rotatable bonds is 5. The largest absolute Gasteiger partial charge is 0.323 e. The Balaban J connectivity index is 1.79. The smallest absolute Gasteiger partial charge is 0.282 e. The first-order valence-electron chi connectivity index (χ1n) is 7.36. The maximum absolute atomic E-state index is 12.2. The van der Waals surface area contributed by atoms with Crippen LogP contribution in [0.25, 0.3) is 11.0 Å². The van der Waals surface area contributed by atoms with E-state index in [4.69, 9.17) is 0 Å². The molecular weight excluding hydrogens is 300 g/mol. The van der Waals surface area contributed by atoms with Crippen LogP contribution >= 0.6 is 11.8 Å². The zero-order valence-corrected chi connectivity index (χ0v) is 13.2. The van der Waals surface area contributed by atoms with Crippen molar-refractivity contribution in [1.29, 1.82) is 0 Å². The first-order valence-corrected chi connectivity index (χ1v) is 8.34. The highest BCUT2D eigenvalue weighted by Gasteiger charge is 2.24. The number of carbonyl (C=O) groups is 2. The summed E-state index contributed by atoms with van der Waals surface area (Å²) in [6, 6.07) is 7.81. The van der Waals surface area contributed by atoms with Crippen molar-refractivity contribution in [2.24, 2.45) is 0 Å². The summed E-state index contributed by atoms with van der Waals surface area (Å²) in [5.74, 6) is 1.09. The summed E-state index contributed by atoms with van der Waals surface area (Å²) in [6.45, 7) is 3.58. The van der Waals surface area contributed by atoms with Crippen LogP contribution in [0.5, 0.6) is 0 Å². The molecule has 2 amide bonds. The first kappa shape index (κ1) is 14.9. The van der Waals surface area contributed by atoms with Gasteiger partial charge in [0.05, 0.1) is 11.0 Å². The van der Waals surface area contributed by atoms with Crippen LogP contribution in [-0.4, -0.2) is 44.4 Å². The quantitative estimate of drug-likeness (QED) is 0.920. The van der Waals surface area contributed by atoms with E-state index in [-0.39, 0.29) is 17.7 Å². The molecule has 1 fully saturated rings. The molecule has 1 aromatic heterocycles. The molecule has 1 aliphatic rings. The predicted octanol–water partition coefficient (Wildman–Crippen LogP) is 2.55. The predicted molar refractivity (Wildman–Crippen MR) is 88.1 cm³/mol. The number of anilines is 1. The number of benzene rings is 1. The first-order chi connectivity index (χ1) is 10.7. The van der Waals surface area contributed by atoms with E-state index >= 15 is 0 Å². The van der Waals surface area contributed by atoms with E-state index in [0.717, 1.165) is 29.8 Å². The van der Waals surface area contributed by atoms with E-state index in [9.17, 15) is 9.59 Å². The van der Waals surface area contributed by atoms with E-state index in [2.05, 4.69) is 17.2 Å². The van der Waals surface area contributed by atoms with Crippen LogP contribution in [0, 0.1) is 0 Å². The van der Waals surface area contributed by atoms with Gasteiger partial charge in [0.25, 0.3) is 5.24 Å². The molecule has 3 rings (SSSR count). The summed E-state index contributed by atoms with van der Waals surface area (Å²) in [5, 5.41) is 2.81. The molecule has 6 nitrogen and oxygen atoms in total. The van der Waals surface area contributed by atoms with Crippen molar-refractivity contribution in [2.75, 3.05) is 24.2 Å². The van der Waals surface area contributed by atoms with Gasteiger partial charge < -0.3 is 9.47 Å². The molecular formula is C15H18N4O2S. The summed E-state index contributed by atoms with van der Waals surface area (Å²) < 4.78 is 2.01. The molecule has 1 saturated heterocycles. The van der Waals surface area contributed by atoms with E-state index in [1.807, 2.05) is 28.8 Å². The maximum atomic E-state index is 12.2. The number of aromatic nitrogens is 2. The standard InChI is InChI=1S/C15H18N4O2S/c1-2-7-19-12-6-4-3-5-11(12)16-14(19)17-13(20)10-18-8-9-22-15(18)21/h3-6H,2,7-10H2,1H3,(H,16,17,20). The second-order valence-electron chi connectivity index (χ2n) is 5.16. The maximum Gasteiger partial charge on any atom is 0.282 e. The lowest BCUT2D eigenvalue weighted by Gasteiger charge is -2.14. The Labute approximate surface area is 132 Å². The molecule has 22 heavy (non-hydrogen) atoms. The Morgan fingerprint density at radius 2 is 2.23 bits per heavy atom. The number of imidazole rings is 1. The van der Waals surface area contributed by atoms with Gasteiger partial charge in [-0.1, -0.05) is 30.8 Å². The zero-order chi connectivity index (χ0) is 15.5. The van der Waals surface area contributed by atoms with Crippen LogP contribution in [0.2, 0.25) is 0 Å². The molecule has 0 aliphatic carbocycles. The van der Waals surface area contributed by atoms with Crippen molar-refractivity contribution in [3.63, 3.8) is 0 Å². The molecule has 0 unspecified atom stereocenters. The summed E-state index contributed by atoms with van der Waals surface area (Å²) in [7, 11) is 0. The van der Waals surface area contributed by atoms with Gasteiger partial charge in [0, 0.05) is 18.8 Å². The minimum atomic E-state index is -0.205. The third-order valence-corrected chi connectivity index (χ3v) is 4.42. The third kappa shape index (κ3) is 2.94. The second-order valence-corrected chi connectivity index (χ2v) is 6.21. The average molecular weight is 318 g/mol. The number of hydrogen-bond donors (Lipinski definition) is 1. The molecule has 1 aliphatic heterocycles. The topological polar surface area (TPSA) is 67.2 Å². The van der Waals surface area contributed by atoms with Crippen LogP contribution < -0.4 is 5.32 Å². The molecule has 7 heteroatoms. The van der Waals surface area contributed by atoms with E-state index in [1.54, 1.807) is 4.90 Å². The van der Waals surface area contributed by atoms with Gasteiger partial charge in [-0.15, -0.1) is 0 Å². The number of para-hydroxylation sites is 2. The van der Waals surface area contributed by atoms with Crippen molar-refractivity contribution < 1.29 is 9.59 Å². The summed E-state index contributed by atoms with van der Waals surface area (Å²) >= 11 is 1.25. The lowest BCUT2D eigenvalue weighted by Crippen LogP contribution is -2.33. The normalized spacial score (nSPS) is 14.8. The number of amides is 2. The van der Waals surface area contributed by atoms with Gasteiger partial charge in [-0.2, -0.15) is 0 Å². The van der Waals surface area contributed by atoms with Gasteiger partial charge in [-0.25, -0.2) is 4.98 Å². The van der Waals surface area contributed by atoms with E-state index < -0.39 is 0 Å². The van der Waals surface area contributed by atoms with Crippen molar-refractivity contribution in [2.45, 2.75) is 19.9 Å². The Kier molecular flexibility index (Phi) is 4.33. The van der Waals surface area contributed by atoms with Crippen LogP contribution in [-0.2, 0) is 11.3 Å². The van der Waals surface area contributed by atoms with Gasteiger partial charge in [0.15, 0.2) is 0 Å². The molecule has 1 aromatic carbocycles. The molecule has 2 heterocycles.